The van der Waals surface area contributed by atoms with Crippen LogP contribution >= 0.6 is 12.2 Å². The monoisotopic (exact) mass is 291 g/mol. The van der Waals surface area contributed by atoms with Crippen molar-refractivity contribution in [3.05, 3.63) is 30.3 Å². The molecule has 1 aromatic rings. The van der Waals surface area contributed by atoms with Crippen LogP contribution in [-0.2, 0) is 0 Å². The van der Waals surface area contributed by atoms with Gasteiger partial charge in [0.15, 0.2) is 5.11 Å². The summed E-state index contributed by atoms with van der Waals surface area (Å²) >= 11 is 5.42. The third kappa shape index (κ3) is 4.46. The van der Waals surface area contributed by atoms with E-state index >= 15 is 0 Å². The Labute approximate surface area is 127 Å². The van der Waals surface area contributed by atoms with Crippen molar-refractivity contribution >= 4 is 23.0 Å². The molecule has 1 saturated heterocycles. The zero-order valence-electron chi connectivity index (χ0n) is 12.8. The summed E-state index contributed by atoms with van der Waals surface area (Å²) in [5, 5.41) is 11.1. The Hall–Kier alpha value is -1.13. The van der Waals surface area contributed by atoms with E-state index in [2.05, 4.69) is 43.6 Å². The molecule has 1 heterocycles. The third-order valence-electron chi connectivity index (χ3n) is 3.56. The minimum atomic E-state index is 0.127. The lowest BCUT2D eigenvalue weighted by molar-refractivity contribution is 0.156. The number of anilines is 1. The van der Waals surface area contributed by atoms with E-state index in [0.29, 0.717) is 11.2 Å². The first-order valence-electron chi connectivity index (χ1n) is 7.18. The summed E-state index contributed by atoms with van der Waals surface area (Å²) in [6.07, 6.45) is 2.13. The molecule has 3 N–H and O–H groups in total. The van der Waals surface area contributed by atoms with Crippen LogP contribution in [0.2, 0.25) is 0 Å². The SMILES string of the molecule is CC1(C)CC(NC(=S)Nc2ccccc2)CC(C)(C)N1. The van der Waals surface area contributed by atoms with Crippen LogP contribution in [0.15, 0.2) is 30.3 Å². The predicted molar refractivity (Wildman–Crippen MR) is 90.1 cm³/mol. The molecule has 0 aliphatic carbocycles. The molecule has 4 heteroatoms. The van der Waals surface area contributed by atoms with Crippen molar-refractivity contribution in [2.45, 2.75) is 57.7 Å². The molecular weight excluding hydrogens is 266 g/mol. The Kier molecular flexibility index (Phi) is 4.35. The highest BCUT2D eigenvalue weighted by molar-refractivity contribution is 7.80. The Morgan fingerprint density at radius 1 is 1.10 bits per heavy atom. The van der Waals surface area contributed by atoms with E-state index in [0.717, 1.165) is 18.5 Å². The maximum atomic E-state index is 5.42. The fourth-order valence-corrected chi connectivity index (χ4v) is 3.58. The molecule has 1 aliphatic heterocycles. The fraction of sp³-hybridized carbons (Fsp3) is 0.562. The van der Waals surface area contributed by atoms with Crippen LogP contribution in [0, 0.1) is 0 Å². The lowest BCUT2D eigenvalue weighted by Crippen LogP contribution is -2.62. The second kappa shape index (κ2) is 5.70. The molecule has 110 valence electrons. The van der Waals surface area contributed by atoms with Crippen molar-refractivity contribution in [3.8, 4) is 0 Å². The molecule has 1 fully saturated rings. The molecule has 0 spiro atoms. The van der Waals surface area contributed by atoms with Gasteiger partial charge in [-0.1, -0.05) is 18.2 Å². The van der Waals surface area contributed by atoms with Gasteiger partial charge in [0.05, 0.1) is 0 Å². The van der Waals surface area contributed by atoms with Crippen LogP contribution in [0.3, 0.4) is 0 Å². The van der Waals surface area contributed by atoms with Crippen molar-refractivity contribution in [3.63, 3.8) is 0 Å². The van der Waals surface area contributed by atoms with Crippen LogP contribution < -0.4 is 16.0 Å². The van der Waals surface area contributed by atoms with Gasteiger partial charge >= 0.3 is 0 Å². The highest BCUT2D eigenvalue weighted by Crippen LogP contribution is 2.28. The molecular formula is C16H25N3S. The normalized spacial score (nSPS) is 21.2. The van der Waals surface area contributed by atoms with E-state index in [9.17, 15) is 0 Å². The van der Waals surface area contributed by atoms with Crippen LogP contribution in [0.25, 0.3) is 0 Å². The Balaban J connectivity index is 1.94. The van der Waals surface area contributed by atoms with E-state index in [1.54, 1.807) is 0 Å². The summed E-state index contributed by atoms with van der Waals surface area (Å²) in [6, 6.07) is 10.4. The van der Waals surface area contributed by atoms with Gasteiger partial charge in [0.2, 0.25) is 0 Å². The Morgan fingerprint density at radius 2 is 1.65 bits per heavy atom. The number of para-hydroxylation sites is 1. The van der Waals surface area contributed by atoms with Crippen molar-refractivity contribution in [1.29, 1.82) is 0 Å². The van der Waals surface area contributed by atoms with Gasteiger partial charge in [0, 0.05) is 22.8 Å². The van der Waals surface area contributed by atoms with Gasteiger partial charge in [-0.2, -0.15) is 0 Å². The van der Waals surface area contributed by atoms with Crippen LogP contribution in [-0.4, -0.2) is 22.2 Å². The molecule has 2 rings (SSSR count). The summed E-state index contributed by atoms with van der Waals surface area (Å²) < 4.78 is 0. The van der Waals surface area contributed by atoms with Crippen molar-refractivity contribution < 1.29 is 0 Å². The van der Waals surface area contributed by atoms with Gasteiger partial charge in [0.1, 0.15) is 0 Å². The maximum Gasteiger partial charge on any atom is 0.170 e. The van der Waals surface area contributed by atoms with E-state index in [1.807, 2.05) is 30.3 Å². The maximum absolute atomic E-state index is 5.42. The number of benzene rings is 1. The van der Waals surface area contributed by atoms with E-state index in [-0.39, 0.29) is 11.1 Å². The lowest BCUT2D eigenvalue weighted by Gasteiger charge is -2.46. The van der Waals surface area contributed by atoms with E-state index < -0.39 is 0 Å². The molecule has 0 bridgehead atoms. The van der Waals surface area contributed by atoms with Crippen molar-refractivity contribution in [2.75, 3.05) is 5.32 Å². The zero-order valence-corrected chi connectivity index (χ0v) is 13.6. The summed E-state index contributed by atoms with van der Waals surface area (Å²) in [6.45, 7) is 8.99. The number of piperidine rings is 1. The molecule has 3 nitrogen and oxygen atoms in total. The highest BCUT2D eigenvalue weighted by atomic mass is 32.1. The molecule has 1 aromatic carbocycles. The topological polar surface area (TPSA) is 36.1 Å². The first-order valence-corrected chi connectivity index (χ1v) is 7.59. The highest BCUT2D eigenvalue weighted by Gasteiger charge is 2.37. The molecule has 1 aliphatic rings. The number of thiocarbonyl (C=S) groups is 1. The van der Waals surface area contributed by atoms with Gasteiger partial charge < -0.3 is 16.0 Å². The number of rotatable bonds is 2. The minimum absolute atomic E-state index is 0.127. The second-order valence-electron chi connectivity index (χ2n) is 6.96. The molecule has 0 atom stereocenters. The predicted octanol–water partition coefficient (Wildman–Crippen LogP) is 3.28. The molecule has 0 unspecified atom stereocenters. The summed E-state index contributed by atoms with van der Waals surface area (Å²) in [5.74, 6) is 0. The van der Waals surface area contributed by atoms with Gasteiger partial charge in [-0.25, -0.2) is 0 Å². The van der Waals surface area contributed by atoms with Gasteiger partial charge in [-0.05, 0) is 64.9 Å². The van der Waals surface area contributed by atoms with Crippen LogP contribution in [0.5, 0.6) is 0 Å². The van der Waals surface area contributed by atoms with Crippen LogP contribution in [0.1, 0.15) is 40.5 Å². The third-order valence-corrected chi connectivity index (χ3v) is 3.78. The average molecular weight is 291 g/mol. The van der Waals surface area contributed by atoms with Crippen molar-refractivity contribution in [2.24, 2.45) is 0 Å². The Bertz CT molecular complexity index is 452. The molecule has 0 saturated carbocycles. The first kappa shape index (κ1) is 15.3. The molecule has 20 heavy (non-hydrogen) atoms. The molecule has 0 amide bonds. The minimum Gasteiger partial charge on any atom is -0.360 e. The first-order chi connectivity index (χ1) is 9.26. The molecule has 0 aromatic heterocycles. The largest absolute Gasteiger partial charge is 0.360 e. The van der Waals surface area contributed by atoms with Gasteiger partial charge in [0.25, 0.3) is 0 Å². The summed E-state index contributed by atoms with van der Waals surface area (Å²) in [4.78, 5) is 0. The lowest BCUT2D eigenvalue weighted by atomic mass is 9.80. The quantitative estimate of drug-likeness (QED) is 0.731. The van der Waals surface area contributed by atoms with Gasteiger partial charge in [-0.15, -0.1) is 0 Å². The van der Waals surface area contributed by atoms with E-state index in [1.165, 1.54) is 0 Å². The Morgan fingerprint density at radius 3 is 2.20 bits per heavy atom. The fourth-order valence-electron chi connectivity index (χ4n) is 3.30. The van der Waals surface area contributed by atoms with Crippen molar-refractivity contribution in [1.82, 2.24) is 10.6 Å². The number of nitrogens with one attached hydrogen (secondary N) is 3. The summed E-state index contributed by atoms with van der Waals surface area (Å²) in [5.41, 5.74) is 1.28. The average Bonchev–Trinajstić information content (AvgIpc) is 2.25. The standard InChI is InChI=1S/C16H25N3S/c1-15(2)10-13(11-16(3,4)19-15)18-14(20)17-12-8-6-5-7-9-12/h5-9,13,19H,10-11H2,1-4H3,(H2,17,18,20). The number of hydrogen-bond donors (Lipinski definition) is 3. The molecule has 0 radical (unpaired) electrons. The van der Waals surface area contributed by atoms with E-state index in [4.69, 9.17) is 12.2 Å². The summed E-state index contributed by atoms with van der Waals surface area (Å²) in [7, 11) is 0. The number of hydrogen-bond acceptors (Lipinski definition) is 2. The second-order valence-corrected chi connectivity index (χ2v) is 7.37. The van der Waals surface area contributed by atoms with Gasteiger partial charge in [-0.3, -0.25) is 0 Å². The zero-order chi connectivity index (χ0) is 14.8. The van der Waals surface area contributed by atoms with Crippen LogP contribution in [0.4, 0.5) is 5.69 Å². The smallest absolute Gasteiger partial charge is 0.170 e.